The Balaban J connectivity index is 2.08. The molecule has 0 spiro atoms. The standard InChI is InChI=1S/C17H20N2O2/c1-12-11-14(5-8-16(12)18-2)17(21)19-15-6-3-13(4-7-15)9-10-20/h3-8,11,18,20H,9-10H2,1-2H3,(H,19,21). The first-order valence-corrected chi connectivity index (χ1v) is 6.93. The number of aryl methyl sites for hydroxylation is 1. The first kappa shape index (κ1) is 15.1. The zero-order valence-electron chi connectivity index (χ0n) is 12.3. The summed E-state index contributed by atoms with van der Waals surface area (Å²) in [5.41, 5.74) is 4.47. The summed E-state index contributed by atoms with van der Waals surface area (Å²) < 4.78 is 0. The number of carbonyl (C=O) groups is 1. The molecule has 0 saturated heterocycles. The molecular formula is C17H20N2O2. The van der Waals surface area contributed by atoms with Crippen molar-refractivity contribution in [3.63, 3.8) is 0 Å². The van der Waals surface area contributed by atoms with Gasteiger partial charge in [-0.3, -0.25) is 4.79 Å². The van der Waals surface area contributed by atoms with Crippen molar-refractivity contribution >= 4 is 17.3 Å². The van der Waals surface area contributed by atoms with Gasteiger partial charge in [-0.25, -0.2) is 0 Å². The summed E-state index contributed by atoms with van der Waals surface area (Å²) in [6, 6.07) is 13.1. The second-order valence-electron chi connectivity index (χ2n) is 4.90. The van der Waals surface area contributed by atoms with Gasteiger partial charge in [0.05, 0.1) is 0 Å². The number of amides is 1. The summed E-state index contributed by atoms with van der Waals surface area (Å²) in [7, 11) is 1.86. The zero-order valence-corrected chi connectivity index (χ0v) is 12.3. The SMILES string of the molecule is CNc1ccc(C(=O)Nc2ccc(CCO)cc2)cc1C. The number of hydrogen-bond acceptors (Lipinski definition) is 3. The molecule has 110 valence electrons. The Morgan fingerprint density at radius 1 is 1.14 bits per heavy atom. The van der Waals surface area contributed by atoms with Gasteiger partial charge in [-0.1, -0.05) is 12.1 Å². The number of benzene rings is 2. The van der Waals surface area contributed by atoms with Gasteiger partial charge >= 0.3 is 0 Å². The molecule has 2 rings (SSSR count). The molecule has 0 atom stereocenters. The van der Waals surface area contributed by atoms with E-state index in [1.807, 2.05) is 50.4 Å². The normalized spacial score (nSPS) is 10.2. The van der Waals surface area contributed by atoms with Crippen molar-refractivity contribution in [2.45, 2.75) is 13.3 Å². The van der Waals surface area contributed by atoms with Crippen LogP contribution in [0.5, 0.6) is 0 Å². The second-order valence-corrected chi connectivity index (χ2v) is 4.90. The molecule has 0 aliphatic carbocycles. The van der Waals surface area contributed by atoms with Crippen LogP contribution in [0.3, 0.4) is 0 Å². The highest BCUT2D eigenvalue weighted by atomic mass is 16.2. The molecule has 3 N–H and O–H groups in total. The number of aliphatic hydroxyl groups is 1. The van der Waals surface area contributed by atoms with Crippen molar-refractivity contribution in [3.8, 4) is 0 Å². The van der Waals surface area contributed by atoms with Gasteiger partial charge in [0, 0.05) is 30.6 Å². The third-order valence-electron chi connectivity index (χ3n) is 3.37. The van der Waals surface area contributed by atoms with Crippen LogP contribution < -0.4 is 10.6 Å². The van der Waals surface area contributed by atoms with Gasteiger partial charge in [-0.05, 0) is 54.8 Å². The number of anilines is 2. The quantitative estimate of drug-likeness (QED) is 0.791. The van der Waals surface area contributed by atoms with Crippen LogP contribution in [0.2, 0.25) is 0 Å². The van der Waals surface area contributed by atoms with Gasteiger partial charge in [-0.2, -0.15) is 0 Å². The van der Waals surface area contributed by atoms with Gasteiger partial charge in [0.2, 0.25) is 0 Å². The lowest BCUT2D eigenvalue weighted by Gasteiger charge is -2.09. The maximum absolute atomic E-state index is 12.2. The summed E-state index contributed by atoms with van der Waals surface area (Å²) in [5, 5.41) is 14.8. The average molecular weight is 284 g/mol. The minimum atomic E-state index is -0.129. The molecule has 21 heavy (non-hydrogen) atoms. The van der Waals surface area contributed by atoms with Crippen LogP contribution in [-0.2, 0) is 6.42 Å². The smallest absolute Gasteiger partial charge is 0.255 e. The molecule has 0 aliphatic rings. The molecule has 0 heterocycles. The van der Waals surface area contributed by atoms with Gasteiger partial charge < -0.3 is 15.7 Å². The predicted molar refractivity (Wildman–Crippen MR) is 85.9 cm³/mol. The summed E-state index contributed by atoms with van der Waals surface area (Å²) in [5.74, 6) is -0.129. The largest absolute Gasteiger partial charge is 0.396 e. The lowest BCUT2D eigenvalue weighted by Crippen LogP contribution is -2.12. The monoisotopic (exact) mass is 284 g/mol. The first-order valence-electron chi connectivity index (χ1n) is 6.93. The van der Waals surface area contributed by atoms with E-state index >= 15 is 0 Å². The van der Waals surface area contributed by atoms with Crippen LogP contribution in [0.4, 0.5) is 11.4 Å². The van der Waals surface area contributed by atoms with Crippen LogP contribution >= 0.6 is 0 Å². The summed E-state index contributed by atoms with van der Waals surface area (Å²) in [6.45, 7) is 2.09. The molecule has 0 unspecified atom stereocenters. The molecule has 0 saturated carbocycles. The Morgan fingerprint density at radius 3 is 2.43 bits per heavy atom. The fraction of sp³-hybridized carbons (Fsp3) is 0.235. The van der Waals surface area contributed by atoms with E-state index < -0.39 is 0 Å². The van der Waals surface area contributed by atoms with Crippen molar-refractivity contribution < 1.29 is 9.90 Å². The van der Waals surface area contributed by atoms with Crippen LogP contribution in [0.25, 0.3) is 0 Å². The number of rotatable bonds is 5. The number of hydrogen-bond donors (Lipinski definition) is 3. The highest BCUT2D eigenvalue weighted by Crippen LogP contribution is 2.17. The lowest BCUT2D eigenvalue weighted by molar-refractivity contribution is 0.102. The van der Waals surface area contributed by atoms with Crippen molar-refractivity contribution in [1.29, 1.82) is 0 Å². The van der Waals surface area contributed by atoms with Crippen molar-refractivity contribution in [1.82, 2.24) is 0 Å². The van der Waals surface area contributed by atoms with Gasteiger partial charge in [0.1, 0.15) is 0 Å². The van der Waals surface area contributed by atoms with Crippen molar-refractivity contribution in [3.05, 3.63) is 59.2 Å². The lowest BCUT2D eigenvalue weighted by atomic mass is 10.1. The van der Waals surface area contributed by atoms with Gasteiger partial charge in [0.25, 0.3) is 5.91 Å². The predicted octanol–water partition coefficient (Wildman–Crippen LogP) is 2.82. The molecule has 0 bridgehead atoms. The van der Waals surface area contributed by atoms with Crippen LogP contribution in [0.1, 0.15) is 21.5 Å². The molecule has 0 aliphatic heterocycles. The van der Waals surface area contributed by atoms with Crippen LogP contribution in [0, 0.1) is 6.92 Å². The molecule has 0 fully saturated rings. The molecule has 2 aromatic carbocycles. The van der Waals surface area contributed by atoms with Gasteiger partial charge in [0.15, 0.2) is 0 Å². The molecule has 0 aromatic heterocycles. The Morgan fingerprint density at radius 2 is 1.86 bits per heavy atom. The van der Waals surface area contributed by atoms with E-state index in [1.165, 1.54) is 0 Å². The molecule has 1 amide bonds. The zero-order chi connectivity index (χ0) is 15.2. The Bertz CT molecular complexity index is 621. The Labute approximate surface area is 124 Å². The highest BCUT2D eigenvalue weighted by molar-refractivity contribution is 6.04. The molecule has 0 radical (unpaired) electrons. The van der Waals surface area contributed by atoms with Gasteiger partial charge in [-0.15, -0.1) is 0 Å². The number of aliphatic hydroxyl groups excluding tert-OH is 1. The average Bonchev–Trinajstić information content (AvgIpc) is 2.49. The molecule has 4 nitrogen and oxygen atoms in total. The van der Waals surface area contributed by atoms with E-state index in [1.54, 1.807) is 6.07 Å². The maximum Gasteiger partial charge on any atom is 0.255 e. The van der Waals surface area contributed by atoms with E-state index in [0.717, 1.165) is 22.5 Å². The van der Waals surface area contributed by atoms with Crippen LogP contribution in [0.15, 0.2) is 42.5 Å². The number of nitrogens with one attached hydrogen (secondary N) is 2. The van der Waals surface area contributed by atoms with E-state index in [4.69, 9.17) is 5.11 Å². The molecule has 2 aromatic rings. The van der Waals surface area contributed by atoms with Crippen molar-refractivity contribution in [2.24, 2.45) is 0 Å². The van der Waals surface area contributed by atoms with E-state index in [-0.39, 0.29) is 12.5 Å². The minimum absolute atomic E-state index is 0.128. The third kappa shape index (κ3) is 3.83. The fourth-order valence-electron chi connectivity index (χ4n) is 2.17. The van der Waals surface area contributed by atoms with Crippen molar-refractivity contribution in [2.75, 3.05) is 24.3 Å². The fourth-order valence-corrected chi connectivity index (χ4v) is 2.17. The van der Waals surface area contributed by atoms with Crippen LogP contribution in [-0.4, -0.2) is 24.7 Å². The highest BCUT2D eigenvalue weighted by Gasteiger charge is 2.07. The topological polar surface area (TPSA) is 61.4 Å². The Kier molecular flexibility index (Phi) is 4.95. The Hall–Kier alpha value is -2.33. The summed E-state index contributed by atoms with van der Waals surface area (Å²) in [4.78, 5) is 12.2. The second kappa shape index (κ2) is 6.90. The summed E-state index contributed by atoms with van der Waals surface area (Å²) in [6.07, 6.45) is 0.624. The van der Waals surface area contributed by atoms with E-state index in [2.05, 4.69) is 10.6 Å². The van der Waals surface area contributed by atoms with E-state index in [0.29, 0.717) is 12.0 Å². The minimum Gasteiger partial charge on any atom is -0.396 e. The third-order valence-corrected chi connectivity index (χ3v) is 3.37. The first-order chi connectivity index (χ1) is 10.1. The summed E-state index contributed by atoms with van der Waals surface area (Å²) >= 11 is 0. The molecular weight excluding hydrogens is 264 g/mol. The maximum atomic E-state index is 12.2. The number of carbonyl (C=O) groups excluding carboxylic acids is 1. The van der Waals surface area contributed by atoms with E-state index in [9.17, 15) is 4.79 Å². The molecule has 4 heteroatoms.